The second-order valence-corrected chi connectivity index (χ2v) is 5.27. The lowest BCUT2D eigenvalue weighted by Crippen LogP contribution is -2.04. The number of hydrogen-bond donors (Lipinski definition) is 1. The number of fused-ring (bicyclic) bond motifs is 1. The van der Waals surface area contributed by atoms with E-state index in [1.54, 1.807) is 6.33 Å². The van der Waals surface area contributed by atoms with Gasteiger partial charge in [-0.2, -0.15) is 5.10 Å². The Morgan fingerprint density at radius 1 is 1.00 bits per heavy atom. The lowest BCUT2D eigenvalue weighted by molar-refractivity contribution is 0.819. The third-order valence-corrected chi connectivity index (χ3v) is 3.90. The molecule has 2 heterocycles. The van der Waals surface area contributed by atoms with Crippen LogP contribution in [0.4, 0.5) is 5.69 Å². The molecule has 2 N–H and O–H groups in total. The Balaban J connectivity index is 1.75. The van der Waals surface area contributed by atoms with Crippen molar-refractivity contribution in [1.82, 2.24) is 19.7 Å². The molecule has 2 aromatic heterocycles. The van der Waals surface area contributed by atoms with Crippen molar-refractivity contribution in [2.45, 2.75) is 19.3 Å². The lowest BCUT2D eigenvalue weighted by atomic mass is 10.1. The highest BCUT2D eigenvalue weighted by atomic mass is 15.3. The fourth-order valence-electron chi connectivity index (χ4n) is 2.80. The van der Waals surface area contributed by atoms with Crippen LogP contribution in [0.2, 0.25) is 0 Å². The zero-order valence-corrected chi connectivity index (χ0v) is 11.5. The minimum atomic E-state index is 0.764. The van der Waals surface area contributed by atoms with Gasteiger partial charge in [-0.25, -0.2) is 14.6 Å². The zero-order chi connectivity index (χ0) is 14.2. The van der Waals surface area contributed by atoms with Crippen molar-refractivity contribution in [3.63, 3.8) is 0 Å². The second-order valence-electron chi connectivity index (χ2n) is 5.27. The first-order chi connectivity index (χ1) is 10.3. The predicted molar refractivity (Wildman–Crippen MR) is 81.0 cm³/mol. The highest BCUT2D eigenvalue weighted by Gasteiger charge is 2.18. The summed E-state index contributed by atoms with van der Waals surface area (Å²) in [4.78, 5) is 8.77. The van der Waals surface area contributed by atoms with Crippen LogP contribution in [0, 0.1) is 0 Å². The van der Waals surface area contributed by atoms with Crippen molar-refractivity contribution in [3.05, 3.63) is 54.2 Å². The minimum absolute atomic E-state index is 0.764. The number of nitrogens with zero attached hydrogens (tertiary/aromatic N) is 4. The summed E-state index contributed by atoms with van der Waals surface area (Å²) in [6.45, 7) is 0. The third kappa shape index (κ3) is 2.07. The molecule has 0 saturated carbocycles. The molecule has 0 fully saturated rings. The van der Waals surface area contributed by atoms with Gasteiger partial charge in [-0.1, -0.05) is 12.1 Å². The van der Waals surface area contributed by atoms with Crippen LogP contribution in [-0.2, 0) is 12.8 Å². The molecule has 0 unspecified atom stereocenters. The van der Waals surface area contributed by atoms with E-state index in [0.29, 0.717) is 0 Å². The maximum atomic E-state index is 5.72. The van der Waals surface area contributed by atoms with E-state index in [-0.39, 0.29) is 0 Å². The van der Waals surface area contributed by atoms with E-state index in [2.05, 4.69) is 15.1 Å². The molecule has 1 aliphatic carbocycles. The summed E-state index contributed by atoms with van der Waals surface area (Å²) in [5.74, 6) is 0.902. The molecule has 104 valence electrons. The van der Waals surface area contributed by atoms with E-state index in [1.165, 1.54) is 5.56 Å². The van der Waals surface area contributed by atoms with Gasteiger partial charge in [0.15, 0.2) is 5.82 Å². The van der Waals surface area contributed by atoms with Gasteiger partial charge in [0, 0.05) is 28.7 Å². The number of aromatic nitrogens is 4. The molecule has 0 spiro atoms. The summed E-state index contributed by atoms with van der Waals surface area (Å²) in [5, 5.41) is 4.46. The van der Waals surface area contributed by atoms with E-state index in [4.69, 9.17) is 5.73 Å². The van der Waals surface area contributed by atoms with Crippen molar-refractivity contribution >= 4 is 5.69 Å². The fourth-order valence-corrected chi connectivity index (χ4v) is 2.80. The molecule has 1 aliphatic rings. The largest absolute Gasteiger partial charge is 0.399 e. The molecule has 1 aromatic carbocycles. The van der Waals surface area contributed by atoms with E-state index in [0.717, 1.165) is 47.6 Å². The number of benzene rings is 1. The molecule has 21 heavy (non-hydrogen) atoms. The van der Waals surface area contributed by atoms with Crippen molar-refractivity contribution in [2.24, 2.45) is 0 Å². The summed E-state index contributed by atoms with van der Waals surface area (Å²) in [5.41, 5.74) is 11.0. The van der Waals surface area contributed by atoms with E-state index in [1.807, 2.05) is 41.3 Å². The molecular weight excluding hydrogens is 262 g/mol. The number of nitrogens with two attached hydrogens (primary N) is 1. The molecule has 0 saturated heterocycles. The molecule has 3 aromatic rings. The molecule has 0 amide bonds. The van der Waals surface area contributed by atoms with Crippen LogP contribution < -0.4 is 5.73 Å². The van der Waals surface area contributed by atoms with E-state index >= 15 is 0 Å². The average Bonchev–Trinajstić information content (AvgIpc) is 3.16. The number of anilines is 1. The number of hydrogen-bond acceptors (Lipinski definition) is 4. The van der Waals surface area contributed by atoms with Gasteiger partial charge in [-0.3, -0.25) is 0 Å². The van der Waals surface area contributed by atoms with Crippen LogP contribution in [0.5, 0.6) is 0 Å². The first-order valence-corrected chi connectivity index (χ1v) is 7.05. The van der Waals surface area contributed by atoms with Crippen LogP contribution >= 0.6 is 0 Å². The Morgan fingerprint density at radius 3 is 2.71 bits per heavy atom. The summed E-state index contributed by atoms with van der Waals surface area (Å²) < 4.78 is 1.84. The first-order valence-electron chi connectivity index (χ1n) is 7.05. The quantitative estimate of drug-likeness (QED) is 0.730. The Morgan fingerprint density at radius 2 is 1.86 bits per heavy atom. The van der Waals surface area contributed by atoms with E-state index in [9.17, 15) is 0 Å². The summed E-state index contributed by atoms with van der Waals surface area (Å²) >= 11 is 0. The fraction of sp³-hybridized carbons (Fsp3) is 0.188. The topological polar surface area (TPSA) is 69.6 Å². The number of aryl methyl sites for hydroxylation is 1. The second kappa shape index (κ2) is 4.70. The van der Waals surface area contributed by atoms with Gasteiger partial charge in [-0.15, -0.1) is 0 Å². The van der Waals surface area contributed by atoms with Gasteiger partial charge in [-0.05, 0) is 37.0 Å². The highest BCUT2D eigenvalue weighted by molar-refractivity contribution is 5.64. The number of rotatable bonds is 2. The van der Waals surface area contributed by atoms with Gasteiger partial charge in [0.2, 0.25) is 0 Å². The monoisotopic (exact) mass is 277 g/mol. The normalized spacial score (nSPS) is 13.3. The minimum Gasteiger partial charge on any atom is -0.399 e. The van der Waals surface area contributed by atoms with Gasteiger partial charge >= 0.3 is 0 Å². The SMILES string of the molecule is Nc1ccc(-c2cnn(-c3ncnc4c3CCC4)c2)cc1. The summed E-state index contributed by atoms with van der Waals surface area (Å²) in [6, 6.07) is 7.80. The summed E-state index contributed by atoms with van der Waals surface area (Å²) in [6.07, 6.45) is 8.71. The first kappa shape index (κ1) is 12.1. The van der Waals surface area contributed by atoms with Crippen molar-refractivity contribution in [2.75, 3.05) is 5.73 Å². The molecule has 0 bridgehead atoms. The predicted octanol–water partition coefficient (Wildman–Crippen LogP) is 2.40. The Bertz CT molecular complexity index is 789. The Kier molecular flexibility index (Phi) is 2.70. The maximum Gasteiger partial charge on any atom is 0.160 e. The standard InChI is InChI=1S/C16H15N5/c17-13-6-4-11(5-7-13)12-8-20-21(9-12)16-14-2-1-3-15(14)18-10-19-16/h4-10H,1-3,17H2. The average molecular weight is 277 g/mol. The summed E-state index contributed by atoms with van der Waals surface area (Å²) in [7, 11) is 0. The molecule has 5 heteroatoms. The highest BCUT2D eigenvalue weighted by Crippen LogP contribution is 2.26. The van der Waals surface area contributed by atoms with Gasteiger partial charge < -0.3 is 5.73 Å². The molecular formula is C16H15N5. The maximum absolute atomic E-state index is 5.72. The molecule has 4 rings (SSSR count). The third-order valence-electron chi connectivity index (χ3n) is 3.90. The Labute approximate surface area is 122 Å². The number of nitrogen functional groups attached to an aromatic ring is 1. The smallest absolute Gasteiger partial charge is 0.160 e. The lowest BCUT2D eigenvalue weighted by Gasteiger charge is -2.05. The van der Waals surface area contributed by atoms with Crippen LogP contribution in [0.3, 0.4) is 0 Å². The van der Waals surface area contributed by atoms with Gasteiger partial charge in [0.05, 0.1) is 6.20 Å². The molecule has 5 nitrogen and oxygen atoms in total. The van der Waals surface area contributed by atoms with Crippen LogP contribution in [0.25, 0.3) is 16.9 Å². The van der Waals surface area contributed by atoms with Crippen LogP contribution in [0.15, 0.2) is 43.0 Å². The Hall–Kier alpha value is -2.69. The van der Waals surface area contributed by atoms with Crippen molar-refractivity contribution in [1.29, 1.82) is 0 Å². The van der Waals surface area contributed by atoms with E-state index < -0.39 is 0 Å². The molecule has 0 radical (unpaired) electrons. The molecule has 0 atom stereocenters. The van der Waals surface area contributed by atoms with Gasteiger partial charge in [0.25, 0.3) is 0 Å². The van der Waals surface area contributed by atoms with Crippen LogP contribution in [-0.4, -0.2) is 19.7 Å². The van der Waals surface area contributed by atoms with Crippen LogP contribution in [0.1, 0.15) is 17.7 Å². The van der Waals surface area contributed by atoms with Crippen molar-refractivity contribution < 1.29 is 0 Å². The molecule has 0 aliphatic heterocycles. The van der Waals surface area contributed by atoms with Crippen molar-refractivity contribution in [3.8, 4) is 16.9 Å². The zero-order valence-electron chi connectivity index (χ0n) is 11.5. The van der Waals surface area contributed by atoms with Gasteiger partial charge in [0.1, 0.15) is 6.33 Å².